The number of hydrogen-bond donors (Lipinski definition) is 0. The zero-order chi connectivity index (χ0) is 21.1. The summed E-state index contributed by atoms with van der Waals surface area (Å²) in [7, 11) is 0. The molecule has 9 heteroatoms. The molecule has 0 saturated carbocycles. The first kappa shape index (κ1) is 20.4. The summed E-state index contributed by atoms with van der Waals surface area (Å²) < 4.78 is 1.65. The van der Waals surface area contributed by atoms with E-state index in [1.165, 1.54) is 17.3 Å². The number of hydrogen-bond acceptors (Lipinski definition) is 8. The van der Waals surface area contributed by atoms with Gasteiger partial charge in [0.2, 0.25) is 5.16 Å². The summed E-state index contributed by atoms with van der Waals surface area (Å²) >= 11 is 1.48. The molecule has 0 amide bonds. The standard InChI is InChI=1S/C21H23N7OS/c1-4-27(5-2)13-15-10-16-11-17(6-7-19(16)22-12-15)30-21-24-23-20-9-8-18(14(3)26-29)25-28(20)21/h6-12,14H,4-5,13H2,1-3H3. The number of aromatic nitrogens is 5. The predicted molar refractivity (Wildman–Crippen MR) is 117 cm³/mol. The zero-order valence-corrected chi connectivity index (χ0v) is 18.0. The lowest BCUT2D eigenvalue weighted by Gasteiger charge is -2.17. The second-order valence-corrected chi connectivity index (χ2v) is 8.09. The highest BCUT2D eigenvalue weighted by Crippen LogP contribution is 2.29. The molecule has 0 saturated heterocycles. The number of nitroso groups, excluding NO2 is 1. The van der Waals surface area contributed by atoms with Crippen LogP contribution in [0.1, 0.15) is 38.1 Å². The van der Waals surface area contributed by atoms with E-state index in [0.717, 1.165) is 35.4 Å². The largest absolute Gasteiger partial charge is 0.300 e. The van der Waals surface area contributed by atoms with Gasteiger partial charge in [-0.15, -0.1) is 10.2 Å². The second kappa shape index (κ2) is 8.85. The molecule has 8 nitrogen and oxygen atoms in total. The van der Waals surface area contributed by atoms with Crippen molar-refractivity contribution in [3.63, 3.8) is 0 Å². The van der Waals surface area contributed by atoms with E-state index < -0.39 is 6.04 Å². The lowest BCUT2D eigenvalue weighted by atomic mass is 10.1. The Labute approximate surface area is 178 Å². The smallest absolute Gasteiger partial charge is 0.217 e. The molecule has 4 rings (SSSR count). The first-order valence-corrected chi connectivity index (χ1v) is 10.8. The fourth-order valence-corrected chi connectivity index (χ4v) is 4.08. The van der Waals surface area contributed by atoms with Gasteiger partial charge in [-0.25, -0.2) is 0 Å². The van der Waals surface area contributed by atoms with E-state index in [1.807, 2.05) is 18.3 Å². The van der Waals surface area contributed by atoms with Gasteiger partial charge < -0.3 is 0 Å². The van der Waals surface area contributed by atoms with Crippen LogP contribution in [0, 0.1) is 4.91 Å². The van der Waals surface area contributed by atoms with E-state index in [-0.39, 0.29) is 0 Å². The maximum absolute atomic E-state index is 10.9. The lowest BCUT2D eigenvalue weighted by molar-refractivity contribution is 0.295. The fraction of sp³-hybridized carbons (Fsp3) is 0.333. The van der Waals surface area contributed by atoms with E-state index in [2.05, 4.69) is 56.3 Å². The highest BCUT2D eigenvalue weighted by atomic mass is 32.2. The molecule has 3 heterocycles. The van der Waals surface area contributed by atoms with Gasteiger partial charge in [-0.05, 0) is 73.7 Å². The molecule has 0 bridgehead atoms. The van der Waals surface area contributed by atoms with Crippen LogP contribution in [0.15, 0.2) is 57.8 Å². The van der Waals surface area contributed by atoms with Gasteiger partial charge in [0.1, 0.15) is 6.04 Å². The number of nitrogens with zero attached hydrogens (tertiary/aromatic N) is 7. The maximum Gasteiger partial charge on any atom is 0.217 e. The molecule has 3 aromatic heterocycles. The molecule has 4 aromatic rings. The highest BCUT2D eigenvalue weighted by molar-refractivity contribution is 7.99. The average molecular weight is 422 g/mol. The molecule has 1 aromatic carbocycles. The summed E-state index contributed by atoms with van der Waals surface area (Å²) in [4.78, 5) is 18.9. The molecule has 30 heavy (non-hydrogen) atoms. The summed E-state index contributed by atoms with van der Waals surface area (Å²) in [6, 6.07) is 11.4. The molecule has 0 N–H and O–H groups in total. The van der Waals surface area contributed by atoms with E-state index in [4.69, 9.17) is 0 Å². The Morgan fingerprint density at radius 3 is 2.73 bits per heavy atom. The van der Waals surface area contributed by atoms with Crippen molar-refractivity contribution in [3.05, 3.63) is 58.8 Å². The average Bonchev–Trinajstić information content (AvgIpc) is 3.18. The molecule has 154 valence electrons. The fourth-order valence-electron chi connectivity index (χ4n) is 3.24. The van der Waals surface area contributed by atoms with Crippen LogP contribution in [-0.4, -0.2) is 42.8 Å². The Bertz CT molecular complexity index is 1190. The van der Waals surface area contributed by atoms with Crippen molar-refractivity contribution in [1.29, 1.82) is 0 Å². The quantitative estimate of drug-likeness (QED) is 0.387. The van der Waals surface area contributed by atoms with Crippen LogP contribution in [-0.2, 0) is 6.54 Å². The number of benzene rings is 1. The number of fused-ring (bicyclic) bond motifs is 2. The van der Waals surface area contributed by atoms with Crippen molar-refractivity contribution < 1.29 is 0 Å². The van der Waals surface area contributed by atoms with Gasteiger partial charge in [0.15, 0.2) is 5.65 Å². The van der Waals surface area contributed by atoms with Gasteiger partial charge in [0.25, 0.3) is 0 Å². The summed E-state index contributed by atoms with van der Waals surface area (Å²) in [6.45, 7) is 8.96. The molecular formula is C21H23N7OS. The van der Waals surface area contributed by atoms with E-state index in [1.54, 1.807) is 23.6 Å². The normalized spacial score (nSPS) is 12.7. The minimum Gasteiger partial charge on any atom is -0.300 e. The third-order valence-corrected chi connectivity index (χ3v) is 5.99. The molecule has 0 spiro atoms. The topological polar surface area (TPSA) is 88.6 Å². The van der Waals surface area contributed by atoms with Crippen LogP contribution >= 0.6 is 11.8 Å². The Morgan fingerprint density at radius 2 is 1.97 bits per heavy atom. The maximum atomic E-state index is 10.9. The van der Waals surface area contributed by atoms with Gasteiger partial charge in [-0.1, -0.05) is 19.0 Å². The Kier molecular flexibility index (Phi) is 6.01. The van der Waals surface area contributed by atoms with Crippen molar-refractivity contribution in [2.24, 2.45) is 5.18 Å². The lowest BCUT2D eigenvalue weighted by Crippen LogP contribution is -2.22. The van der Waals surface area contributed by atoms with Gasteiger partial charge in [0.05, 0.1) is 11.2 Å². The van der Waals surface area contributed by atoms with E-state index in [0.29, 0.717) is 16.5 Å². The third-order valence-electron chi connectivity index (χ3n) is 5.06. The second-order valence-electron chi connectivity index (χ2n) is 7.05. The molecule has 0 radical (unpaired) electrons. The van der Waals surface area contributed by atoms with Gasteiger partial charge in [0, 0.05) is 23.0 Å². The van der Waals surface area contributed by atoms with E-state index >= 15 is 0 Å². The van der Waals surface area contributed by atoms with Crippen LogP contribution in [0.2, 0.25) is 0 Å². The van der Waals surface area contributed by atoms with Gasteiger partial charge in [-0.3, -0.25) is 9.88 Å². The minimum absolute atomic E-state index is 0.523. The first-order valence-electron chi connectivity index (χ1n) is 9.95. The summed E-state index contributed by atoms with van der Waals surface area (Å²) in [6.07, 6.45) is 1.95. The molecule has 0 aliphatic carbocycles. The van der Waals surface area contributed by atoms with Crippen molar-refractivity contribution in [2.45, 2.75) is 43.4 Å². The highest BCUT2D eigenvalue weighted by Gasteiger charge is 2.13. The van der Waals surface area contributed by atoms with Crippen molar-refractivity contribution in [1.82, 2.24) is 29.7 Å². The zero-order valence-electron chi connectivity index (χ0n) is 17.2. The Balaban J connectivity index is 1.64. The molecule has 0 fully saturated rings. The molecule has 0 aliphatic rings. The minimum atomic E-state index is -0.523. The third kappa shape index (κ3) is 4.17. The van der Waals surface area contributed by atoms with Gasteiger partial charge in [-0.2, -0.15) is 14.5 Å². The first-order chi connectivity index (χ1) is 14.6. The van der Waals surface area contributed by atoms with Gasteiger partial charge >= 0.3 is 0 Å². The molecular weight excluding hydrogens is 398 g/mol. The monoisotopic (exact) mass is 421 g/mol. The summed E-state index contributed by atoms with van der Waals surface area (Å²) in [5, 5.41) is 17.7. The summed E-state index contributed by atoms with van der Waals surface area (Å²) in [5.74, 6) is 0. The van der Waals surface area contributed by atoms with Crippen LogP contribution in [0.3, 0.4) is 0 Å². The number of pyridine rings is 1. The summed E-state index contributed by atoms with van der Waals surface area (Å²) in [5.41, 5.74) is 3.37. The predicted octanol–water partition coefficient (Wildman–Crippen LogP) is 4.49. The number of rotatable bonds is 8. The molecule has 1 unspecified atom stereocenters. The van der Waals surface area contributed by atoms with E-state index in [9.17, 15) is 4.91 Å². The van der Waals surface area contributed by atoms with Crippen LogP contribution in [0.25, 0.3) is 16.6 Å². The van der Waals surface area contributed by atoms with Crippen molar-refractivity contribution >= 4 is 28.3 Å². The van der Waals surface area contributed by atoms with Crippen molar-refractivity contribution in [2.75, 3.05) is 13.1 Å². The Hall–Kier alpha value is -2.91. The molecule has 0 aliphatic heterocycles. The molecule has 1 atom stereocenters. The van der Waals surface area contributed by atoms with Crippen LogP contribution < -0.4 is 0 Å². The SMILES string of the molecule is CCN(CC)Cc1cnc2ccc(Sc3nnc4ccc(C(C)N=O)nn34)cc2c1. The Morgan fingerprint density at radius 1 is 1.13 bits per heavy atom. The van der Waals surface area contributed by atoms with Crippen LogP contribution in [0.5, 0.6) is 0 Å². The van der Waals surface area contributed by atoms with Crippen LogP contribution in [0.4, 0.5) is 0 Å². The van der Waals surface area contributed by atoms with Crippen molar-refractivity contribution in [3.8, 4) is 0 Å².